The summed E-state index contributed by atoms with van der Waals surface area (Å²) in [4.78, 5) is 2.57. The van der Waals surface area contributed by atoms with E-state index in [4.69, 9.17) is 14.2 Å². The van der Waals surface area contributed by atoms with Crippen molar-refractivity contribution < 1.29 is 14.2 Å². The predicted octanol–water partition coefficient (Wildman–Crippen LogP) is 1.66. The Labute approximate surface area is 132 Å². The van der Waals surface area contributed by atoms with Crippen molar-refractivity contribution in [1.82, 2.24) is 10.2 Å². The van der Waals surface area contributed by atoms with Crippen LogP contribution >= 0.6 is 0 Å². The van der Waals surface area contributed by atoms with Gasteiger partial charge in [-0.05, 0) is 18.9 Å². The molecule has 0 unspecified atom stereocenters. The molecule has 122 valence electrons. The summed E-state index contributed by atoms with van der Waals surface area (Å²) in [5, 5.41) is 3.49. The van der Waals surface area contributed by atoms with Gasteiger partial charge in [-0.25, -0.2) is 0 Å². The summed E-state index contributed by atoms with van der Waals surface area (Å²) in [6, 6.07) is 6.75. The van der Waals surface area contributed by atoms with Gasteiger partial charge in [0, 0.05) is 43.9 Å². The molecule has 22 heavy (non-hydrogen) atoms. The van der Waals surface area contributed by atoms with Crippen LogP contribution in [0, 0.1) is 0 Å². The summed E-state index contributed by atoms with van der Waals surface area (Å²) >= 11 is 0. The summed E-state index contributed by atoms with van der Waals surface area (Å²) < 4.78 is 16.5. The zero-order chi connectivity index (χ0) is 15.4. The SMILES string of the molecule is COc1ccc(CNC[C@H]2CN(C3CC3)CCO2)c(OC)c1. The Morgan fingerprint density at radius 1 is 1.27 bits per heavy atom. The number of morpholine rings is 1. The smallest absolute Gasteiger partial charge is 0.127 e. The van der Waals surface area contributed by atoms with Crippen LogP contribution in [0.3, 0.4) is 0 Å². The van der Waals surface area contributed by atoms with Crippen molar-refractivity contribution in [2.75, 3.05) is 40.5 Å². The summed E-state index contributed by atoms with van der Waals surface area (Å²) in [5.41, 5.74) is 1.14. The van der Waals surface area contributed by atoms with Gasteiger partial charge in [-0.3, -0.25) is 4.90 Å². The van der Waals surface area contributed by atoms with Gasteiger partial charge in [-0.1, -0.05) is 6.07 Å². The fourth-order valence-electron chi connectivity index (χ4n) is 3.00. The van der Waals surface area contributed by atoms with Crippen LogP contribution in [0.25, 0.3) is 0 Å². The number of hydrogen-bond acceptors (Lipinski definition) is 5. The van der Waals surface area contributed by atoms with Crippen LogP contribution in [0.1, 0.15) is 18.4 Å². The molecule has 1 saturated carbocycles. The largest absolute Gasteiger partial charge is 0.497 e. The maximum atomic E-state index is 5.86. The minimum absolute atomic E-state index is 0.290. The van der Waals surface area contributed by atoms with E-state index >= 15 is 0 Å². The van der Waals surface area contributed by atoms with Crippen molar-refractivity contribution in [3.8, 4) is 11.5 Å². The highest BCUT2D eigenvalue weighted by molar-refractivity contribution is 5.40. The summed E-state index contributed by atoms with van der Waals surface area (Å²) in [5.74, 6) is 1.67. The van der Waals surface area contributed by atoms with Crippen molar-refractivity contribution in [3.05, 3.63) is 23.8 Å². The molecule has 1 aliphatic heterocycles. The molecule has 0 bridgehead atoms. The normalized spacial score (nSPS) is 22.5. The fraction of sp³-hybridized carbons (Fsp3) is 0.647. The van der Waals surface area contributed by atoms with E-state index in [9.17, 15) is 0 Å². The van der Waals surface area contributed by atoms with E-state index in [1.54, 1.807) is 14.2 Å². The third kappa shape index (κ3) is 3.91. The molecule has 5 nitrogen and oxygen atoms in total. The molecule has 1 N–H and O–H groups in total. The first-order valence-corrected chi connectivity index (χ1v) is 8.07. The number of benzene rings is 1. The number of nitrogens with zero attached hydrogens (tertiary/aromatic N) is 1. The molecule has 1 aromatic carbocycles. The molecular formula is C17H26N2O3. The van der Waals surface area contributed by atoms with Crippen LogP contribution in [-0.2, 0) is 11.3 Å². The molecule has 1 aromatic rings. The topological polar surface area (TPSA) is 43.0 Å². The number of methoxy groups -OCH3 is 2. The Balaban J connectivity index is 1.48. The van der Waals surface area contributed by atoms with Crippen molar-refractivity contribution in [1.29, 1.82) is 0 Å². The van der Waals surface area contributed by atoms with Crippen molar-refractivity contribution in [2.45, 2.75) is 31.5 Å². The summed E-state index contributed by atoms with van der Waals surface area (Å²) in [6.45, 7) is 4.65. The molecule has 2 fully saturated rings. The van der Waals surface area contributed by atoms with Gasteiger partial charge in [0.05, 0.1) is 26.9 Å². The van der Waals surface area contributed by atoms with E-state index < -0.39 is 0 Å². The molecule has 1 aliphatic carbocycles. The van der Waals surface area contributed by atoms with E-state index in [1.165, 1.54) is 12.8 Å². The summed E-state index contributed by atoms with van der Waals surface area (Å²) in [7, 11) is 3.36. The van der Waals surface area contributed by atoms with Crippen molar-refractivity contribution >= 4 is 0 Å². The van der Waals surface area contributed by atoms with Gasteiger partial charge in [0.1, 0.15) is 11.5 Å². The van der Waals surface area contributed by atoms with Crippen LogP contribution < -0.4 is 14.8 Å². The lowest BCUT2D eigenvalue weighted by molar-refractivity contribution is -0.0301. The Morgan fingerprint density at radius 3 is 2.86 bits per heavy atom. The lowest BCUT2D eigenvalue weighted by Gasteiger charge is -2.33. The van der Waals surface area contributed by atoms with Crippen LogP contribution in [0.4, 0.5) is 0 Å². The second-order valence-corrected chi connectivity index (χ2v) is 6.03. The van der Waals surface area contributed by atoms with E-state index in [0.717, 1.165) is 55.9 Å². The lowest BCUT2D eigenvalue weighted by atomic mass is 10.2. The number of ether oxygens (including phenoxy) is 3. The number of nitrogens with one attached hydrogen (secondary N) is 1. The minimum Gasteiger partial charge on any atom is -0.497 e. The van der Waals surface area contributed by atoms with Crippen LogP contribution in [0.2, 0.25) is 0 Å². The second-order valence-electron chi connectivity index (χ2n) is 6.03. The maximum Gasteiger partial charge on any atom is 0.127 e. The van der Waals surface area contributed by atoms with Gasteiger partial charge in [0.25, 0.3) is 0 Å². The van der Waals surface area contributed by atoms with E-state index in [1.807, 2.05) is 18.2 Å². The Kier molecular flexibility index (Phi) is 5.18. The fourth-order valence-corrected chi connectivity index (χ4v) is 3.00. The molecule has 1 saturated heterocycles. The van der Waals surface area contributed by atoms with E-state index in [2.05, 4.69) is 10.2 Å². The highest BCUT2D eigenvalue weighted by atomic mass is 16.5. The van der Waals surface area contributed by atoms with Crippen LogP contribution in [0.5, 0.6) is 11.5 Å². The monoisotopic (exact) mass is 306 g/mol. The number of rotatable bonds is 7. The van der Waals surface area contributed by atoms with E-state index in [0.29, 0.717) is 6.10 Å². The molecule has 5 heteroatoms. The van der Waals surface area contributed by atoms with Gasteiger partial charge in [0.15, 0.2) is 0 Å². The lowest BCUT2D eigenvalue weighted by Crippen LogP contribution is -2.47. The average Bonchev–Trinajstić information content (AvgIpc) is 3.40. The van der Waals surface area contributed by atoms with Gasteiger partial charge in [-0.2, -0.15) is 0 Å². The molecule has 0 amide bonds. The quantitative estimate of drug-likeness (QED) is 0.830. The predicted molar refractivity (Wildman–Crippen MR) is 85.6 cm³/mol. The Hall–Kier alpha value is -1.30. The third-order valence-corrected chi connectivity index (χ3v) is 4.42. The molecule has 3 rings (SSSR count). The van der Waals surface area contributed by atoms with Crippen LogP contribution in [0.15, 0.2) is 18.2 Å². The standard InChI is InChI=1S/C17H26N2O3/c1-20-15-6-3-13(17(9-15)21-2)10-18-11-16-12-19(7-8-22-16)14-4-5-14/h3,6,9,14,16,18H,4-5,7-8,10-12H2,1-2H3/t16-/m0/s1. The molecular weight excluding hydrogens is 280 g/mol. The Morgan fingerprint density at radius 2 is 2.14 bits per heavy atom. The molecule has 1 atom stereocenters. The van der Waals surface area contributed by atoms with E-state index in [-0.39, 0.29) is 0 Å². The average molecular weight is 306 g/mol. The van der Waals surface area contributed by atoms with Crippen LogP contribution in [-0.4, -0.2) is 57.5 Å². The van der Waals surface area contributed by atoms with Gasteiger partial charge >= 0.3 is 0 Å². The Bertz CT molecular complexity index is 491. The first-order chi connectivity index (χ1) is 10.8. The maximum absolute atomic E-state index is 5.86. The first-order valence-electron chi connectivity index (χ1n) is 8.07. The zero-order valence-corrected chi connectivity index (χ0v) is 13.5. The summed E-state index contributed by atoms with van der Waals surface area (Å²) in [6.07, 6.45) is 3.02. The highest BCUT2D eigenvalue weighted by Gasteiger charge is 2.32. The van der Waals surface area contributed by atoms with Gasteiger partial charge in [0.2, 0.25) is 0 Å². The third-order valence-electron chi connectivity index (χ3n) is 4.42. The minimum atomic E-state index is 0.290. The molecule has 0 aromatic heterocycles. The molecule has 0 radical (unpaired) electrons. The van der Waals surface area contributed by atoms with Crippen molar-refractivity contribution in [3.63, 3.8) is 0 Å². The zero-order valence-electron chi connectivity index (χ0n) is 13.5. The molecule has 0 spiro atoms. The first kappa shape index (κ1) is 15.6. The van der Waals surface area contributed by atoms with Gasteiger partial charge < -0.3 is 19.5 Å². The van der Waals surface area contributed by atoms with Crippen molar-refractivity contribution in [2.24, 2.45) is 0 Å². The number of hydrogen-bond donors (Lipinski definition) is 1. The second kappa shape index (κ2) is 7.31. The molecule has 2 aliphatic rings. The molecule has 1 heterocycles. The highest BCUT2D eigenvalue weighted by Crippen LogP contribution is 2.28. The van der Waals surface area contributed by atoms with Gasteiger partial charge in [-0.15, -0.1) is 0 Å².